The van der Waals surface area contributed by atoms with Crippen molar-refractivity contribution < 1.29 is 27.5 Å². The average molecular weight is 574 g/mol. The summed E-state index contributed by atoms with van der Waals surface area (Å²) in [6.45, 7) is 5.69. The maximum Gasteiger partial charge on any atom is 0.433 e. The van der Waals surface area contributed by atoms with Gasteiger partial charge >= 0.3 is 12.1 Å². The van der Waals surface area contributed by atoms with E-state index in [0.29, 0.717) is 22.5 Å². The molecule has 3 aromatic heterocycles. The van der Waals surface area contributed by atoms with Gasteiger partial charge in [0, 0.05) is 10.3 Å². The van der Waals surface area contributed by atoms with Crippen LogP contribution in [-0.2, 0) is 23.8 Å². The number of pyridine rings is 1. The van der Waals surface area contributed by atoms with E-state index < -0.39 is 23.7 Å². The van der Waals surface area contributed by atoms with Crippen LogP contribution in [0.2, 0.25) is 0 Å². The van der Waals surface area contributed by atoms with Crippen molar-refractivity contribution in [2.45, 2.75) is 52.6 Å². The van der Waals surface area contributed by atoms with Crippen molar-refractivity contribution in [3.63, 3.8) is 0 Å². The molecule has 4 aromatic rings. The Hall–Kier alpha value is -3.44. The minimum absolute atomic E-state index is 0.0109. The number of hydrogen-bond donors (Lipinski definition) is 2. The van der Waals surface area contributed by atoms with E-state index in [1.54, 1.807) is 19.1 Å². The first-order valence-electron chi connectivity index (χ1n) is 12.5. The fourth-order valence-corrected chi connectivity index (χ4v) is 7.09. The van der Waals surface area contributed by atoms with Crippen molar-refractivity contribution >= 4 is 55.5 Å². The molecular weight excluding hydrogens is 547 g/mol. The molecule has 0 spiro atoms. The van der Waals surface area contributed by atoms with Crippen LogP contribution in [0, 0.1) is 13.8 Å². The number of aromatic nitrogens is 1. The highest BCUT2D eigenvalue weighted by molar-refractivity contribution is 7.21. The van der Waals surface area contributed by atoms with Crippen molar-refractivity contribution in [1.82, 2.24) is 4.98 Å². The molecule has 1 aliphatic carbocycles. The molecule has 204 valence electrons. The third-order valence-corrected chi connectivity index (χ3v) is 9.20. The Balaban J connectivity index is 1.62. The SMILES string of the molecule is CCOC(=O)c1c(NC(=O)c2sc3nc(C(F)(F)F)cc(-c4ccc(C)c(C)c4)c3c2N)sc2c1CCCC2. The Morgan fingerprint density at radius 2 is 1.85 bits per heavy atom. The number of thiophene rings is 2. The number of rotatable bonds is 5. The van der Waals surface area contributed by atoms with Crippen LogP contribution < -0.4 is 11.1 Å². The van der Waals surface area contributed by atoms with Gasteiger partial charge in [-0.2, -0.15) is 13.2 Å². The van der Waals surface area contributed by atoms with Crippen LogP contribution in [0.15, 0.2) is 24.3 Å². The van der Waals surface area contributed by atoms with Gasteiger partial charge in [-0.1, -0.05) is 18.2 Å². The van der Waals surface area contributed by atoms with E-state index >= 15 is 0 Å². The second kappa shape index (κ2) is 10.3. The van der Waals surface area contributed by atoms with Gasteiger partial charge in [-0.15, -0.1) is 22.7 Å². The first kappa shape index (κ1) is 27.1. The fourth-order valence-electron chi connectivity index (χ4n) is 4.80. The molecule has 0 unspecified atom stereocenters. The number of nitrogens with zero attached hydrogens (tertiary/aromatic N) is 1. The minimum atomic E-state index is -4.69. The molecule has 0 saturated carbocycles. The molecular formula is C28H26F3N3O3S2. The van der Waals surface area contributed by atoms with Crippen LogP contribution in [-0.4, -0.2) is 23.5 Å². The fraction of sp³-hybridized carbons (Fsp3) is 0.321. The zero-order chi connectivity index (χ0) is 28.1. The topological polar surface area (TPSA) is 94.3 Å². The lowest BCUT2D eigenvalue weighted by Gasteiger charge is -2.12. The zero-order valence-corrected chi connectivity index (χ0v) is 23.2. The number of esters is 1. The van der Waals surface area contributed by atoms with Crippen LogP contribution >= 0.6 is 22.7 Å². The molecule has 0 bridgehead atoms. The number of ether oxygens (including phenoxy) is 1. The monoisotopic (exact) mass is 573 g/mol. The van der Waals surface area contributed by atoms with Crippen LogP contribution in [0.5, 0.6) is 0 Å². The van der Waals surface area contributed by atoms with Crippen molar-refractivity contribution in [1.29, 1.82) is 0 Å². The molecule has 3 N–H and O–H groups in total. The lowest BCUT2D eigenvalue weighted by molar-refractivity contribution is -0.140. The van der Waals surface area contributed by atoms with Crippen LogP contribution in [0.25, 0.3) is 21.3 Å². The van der Waals surface area contributed by atoms with Gasteiger partial charge in [-0.25, -0.2) is 9.78 Å². The lowest BCUT2D eigenvalue weighted by Crippen LogP contribution is -2.15. The molecule has 0 fully saturated rings. The molecule has 6 nitrogen and oxygen atoms in total. The van der Waals surface area contributed by atoms with E-state index in [2.05, 4.69) is 10.3 Å². The van der Waals surface area contributed by atoms with E-state index in [9.17, 15) is 22.8 Å². The number of halogens is 3. The number of hydrogen-bond acceptors (Lipinski definition) is 7. The number of nitrogens with two attached hydrogens (primary N) is 1. The molecule has 0 saturated heterocycles. The van der Waals surface area contributed by atoms with E-state index in [-0.39, 0.29) is 33.0 Å². The summed E-state index contributed by atoms with van der Waals surface area (Å²) in [5.74, 6) is -1.12. The van der Waals surface area contributed by atoms with E-state index in [1.807, 2.05) is 19.9 Å². The van der Waals surface area contributed by atoms with Crippen molar-refractivity contribution in [3.8, 4) is 11.1 Å². The molecule has 1 aliphatic rings. The summed E-state index contributed by atoms with van der Waals surface area (Å²) in [6, 6.07) is 6.33. The lowest BCUT2D eigenvalue weighted by atomic mass is 9.95. The van der Waals surface area contributed by atoms with Gasteiger partial charge in [0.15, 0.2) is 0 Å². The summed E-state index contributed by atoms with van der Waals surface area (Å²) >= 11 is 2.12. The van der Waals surface area contributed by atoms with E-state index in [0.717, 1.165) is 58.2 Å². The third kappa shape index (κ3) is 5.00. The second-order valence-electron chi connectivity index (χ2n) is 9.47. The molecule has 11 heteroatoms. The highest BCUT2D eigenvalue weighted by Crippen LogP contribution is 2.44. The summed E-state index contributed by atoms with van der Waals surface area (Å²) in [5.41, 5.74) is 9.35. The quantitative estimate of drug-likeness (QED) is 0.241. The third-order valence-electron chi connectivity index (χ3n) is 6.89. The second-order valence-corrected chi connectivity index (χ2v) is 11.6. The molecule has 5 rings (SSSR count). The summed E-state index contributed by atoms with van der Waals surface area (Å²) < 4.78 is 46.6. The van der Waals surface area contributed by atoms with Crippen molar-refractivity contribution in [2.75, 3.05) is 17.7 Å². The predicted octanol–water partition coefficient (Wildman–Crippen LogP) is 7.55. The number of fused-ring (bicyclic) bond motifs is 2. The molecule has 1 aromatic carbocycles. The summed E-state index contributed by atoms with van der Waals surface area (Å²) in [4.78, 5) is 31.2. The maximum absolute atomic E-state index is 13.8. The average Bonchev–Trinajstić information content (AvgIpc) is 3.42. The number of benzene rings is 1. The molecule has 1 amide bonds. The van der Waals surface area contributed by atoms with Gasteiger partial charge in [0.25, 0.3) is 5.91 Å². The number of nitrogen functional groups attached to an aromatic ring is 1. The number of aryl methyl sites for hydroxylation is 3. The van der Waals surface area contributed by atoms with Crippen LogP contribution in [0.1, 0.15) is 67.1 Å². The van der Waals surface area contributed by atoms with Gasteiger partial charge in [0.2, 0.25) is 0 Å². The Bertz CT molecular complexity index is 1620. The van der Waals surface area contributed by atoms with Gasteiger partial charge < -0.3 is 15.8 Å². The molecule has 3 heterocycles. The van der Waals surface area contributed by atoms with Crippen LogP contribution in [0.4, 0.5) is 23.9 Å². The highest BCUT2D eigenvalue weighted by Gasteiger charge is 2.35. The van der Waals surface area contributed by atoms with Crippen molar-refractivity contribution in [2.24, 2.45) is 0 Å². The number of anilines is 2. The molecule has 0 aliphatic heterocycles. The first-order valence-corrected chi connectivity index (χ1v) is 14.1. The Morgan fingerprint density at radius 1 is 1.10 bits per heavy atom. The number of nitrogens with one attached hydrogen (secondary N) is 1. The zero-order valence-electron chi connectivity index (χ0n) is 21.5. The summed E-state index contributed by atoms with van der Waals surface area (Å²) in [7, 11) is 0. The molecule has 0 atom stereocenters. The van der Waals surface area contributed by atoms with E-state index in [1.165, 1.54) is 11.3 Å². The Kier molecular flexibility index (Phi) is 7.15. The molecule has 0 radical (unpaired) electrons. The normalized spacial score (nSPS) is 13.4. The molecule has 39 heavy (non-hydrogen) atoms. The van der Waals surface area contributed by atoms with Gasteiger partial charge in [0.1, 0.15) is 20.4 Å². The first-order chi connectivity index (χ1) is 18.5. The Labute approximate surface area is 231 Å². The minimum Gasteiger partial charge on any atom is -0.462 e. The number of carbonyl (C=O) groups excluding carboxylic acids is 2. The number of alkyl halides is 3. The highest BCUT2D eigenvalue weighted by atomic mass is 32.1. The predicted molar refractivity (Wildman–Crippen MR) is 149 cm³/mol. The summed E-state index contributed by atoms with van der Waals surface area (Å²) in [6.07, 6.45) is -1.25. The van der Waals surface area contributed by atoms with E-state index in [4.69, 9.17) is 10.5 Å². The largest absolute Gasteiger partial charge is 0.462 e. The van der Waals surface area contributed by atoms with Crippen LogP contribution in [0.3, 0.4) is 0 Å². The number of amides is 1. The van der Waals surface area contributed by atoms with Gasteiger partial charge in [0.05, 0.1) is 17.9 Å². The van der Waals surface area contributed by atoms with Gasteiger partial charge in [-0.3, -0.25) is 4.79 Å². The standard InChI is InChI=1S/C28H26F3N3O3S2/c1-4-37-27(36)21-16-7-5-6-8-18(16)38-26(21)34-24(35)23-22(32)20-17(15-10-9-13(2)14(3)11-15)12-19(28(29,30)31)33-25(20)39-23/h9-12H,4-8,32H2,1-3H3,(H,34,35). The maximum atomic E-state index is 13.8. The smallest absolute Gasteiger partial charge is 0.433 e. The summed E-state index contributed by atoms with van der Waals surface area (Å²) in [5, 5.41) is 3.46. The van der Waals surface area contributed by atoms with Crippen molar-refractivity contribution in [3.05, 3.63) is 62.0 Å². The Morgan fingerprint density at radius 3 is 2.54 bits per heavy atom. The van der Waals surface area contributed by atoms with Gasteiger partial charge in [-0.05, 0) is 80.3 Å². The number of carbonyl (C=O) groups is 2.